The highest BCUT2D eigenvalue weighted by atomic mass is 16.5. The summed E-state index contributed by atoms with van der Waals surface area (Å²) in [5.74, 6) is 0. The first kappa shape index (κ1) is 14.9. The molecule has 1 atom stereocenters. The number of hydrogen-bond acceptors (Lipinski definition) is 3. The van der Waals surface area contributed by atoms with Gasteiger partial charge in [0.05, 0.1) is 19.3 Å². The van der Waals surface area contributed by atoms with E-state index in [-0.39, 0.29) is 6.03 Å². The summed E-state index contributed by atoms with van der Waals surface area (Å²) >= 11 is 0. The molecule has 0 saturated carbocycles. The molecule has 1 unspecified atom stereocenters. The fourth-order valence-electron chi connectivity index (χ4n) is 1.09. The van der Waals surface area contributed by atoms with E-state index < -0.39 is 6.10 Å². The molecule has 16 heavy (non-hydrogen) atoms. The predicted molar refractivity (Wildman–Crippen MR) is 63.3 cm³/mol. The van der Waals surface area contributed by atoms with Crippen molar-refractivity contribution in [2.24, 2.45) is 0 Å². The number of carbonyl (C=O) groups is 1. The molecule has 5 heteroatoms. The van der Waals surface area contributed by atoms with E-state index in [4.69, 9.17) is 9.84 Å². The Labute approximate surface area is 97.1 Å². The molecule has 0 aliphatic heterocycles. The van der Waals surface area contributed by atoms with Crippen molar-refractivity contribution in [3.8, 4) is 0 Å². The highest BCUT2D eigenvalue weighted by molar-refractivity contribution is 5.73. The lowest BCUT2D eigenvalue weighted by atomic mass is 10.4. The van der Waals surface area contributed by atoms with Crippen LogP contribution in [0.4, 0.5) is 4.79 Å². The molecular weight excluding hydrogens is 208 g/mol. The Bertz CT molecular complexity index is 229. The normalized spacial score (nSPS) is 12.0. The Morgan fingerprint density at radius 1 is 1.62 bits per heavy atom. The summed E-state index contributed by atoms with van der Waals surface area (Å²) in [6.07, 6.45) is -0.518. The van der Waals surface area contributed by atoms with Crippen molar-refractivity contribution in [2.45, 2.75) is 20.0 Å². The monoisotopic (exact) mass is 230 g/mol. The molecule has 0 aliphatic carbocycles. The van der Waals surface area contributed by atoms with Crippen molar-refractivity contribution in [1.29, 1.82) is 0 Å². The van der Waals surface area contributed by atoms with E-state index in [1.165, 1.54) is 4.90 Å². The molecule has 5 nitrogen and oxygen atoms in total. The van der Waals surface area contributed by atoms with Crippen LogP contribution in [0.3, 0.4) is 0 Å². The van der Waals surface area contributed by atoms with Crippen LogP contribution in [0.5, 0.6) is 0 Å². The van der Waals surface area contributed by atoms with Crippen molar-refractivity contribution in [2.75, 3.05) is 33.4 Å². The van der Waals surface area contributed by atoms with E-state index in [0.717, 1.165) is 5.57 Å². The molecule has 0 bridgehead atoms. The zero-order chi connectivity index (χ0) is 12.6. The topological polar surface area (TPSA) is 61.8 Å². The quantitative estimate of drug-likeness (QED) is 0.497. The van der Waals surface area contributed by atoms with E-state index in [9.17, 15) is 4.79 Å². The van der Waals surface area contributed by atoms with Gasteiger partial charge in [0.2, 0.25) is 0 Å². The van der Waals surface area contributed by atoms with Gasteiger partial charge < -0.3 is 20.1 Å². The third-order valence-electron chi connectivity index (χ3n) is 1.76. The molecule has 0 radical (unpaired) electrons. The molecule has 0 fully saturated rings. The third-order valence-corrected chi connectivity index (χ3v) is 1.76. The molecule has 0 aromatic carbocycles. The molecule has 0 spiro atoms. The van der Waals surface area contributed by atoms with Gasteiger partial charge in [-0.1, -0.05) is 12.2 Å². The largest absolute Gasteiger partial charge is 0.392 e. The van der Waals surface area contributed by atoms with Crippen LogP contribution < -0.4 is 5.32 Å². The number of nitrogens with zero attached hydrogens (tertiary/aromatic N) is 1. The Morgan fingerprint density at radius 3 is 2.75 bits per heavy atom. The van der Waals surface area contributed by atoms with Crippen molar-refractivity contribution in [3.05, 3.63) is 12.2 Å². The number of urea groups is 1. The number of nitrogens with one attached hydrogen (secondary N) is 1. The second kappa shape index (κ2) is 8.13. The van der Waals surface area contributed by atoms with Crippen LogP contribution in [-0.2, 0) is 4.74 Å². The van der Waals surface area contributed by atoms with Crippen LogP contribution in [0.15, 0.2) is 12.2 Å². The van der Waals surface area contributed by atoms with Gasteiger partial charge in [0.25, 0.3) is 0 Å². The summed E-state index contributed by atoms with van der Waals surface area (Å²) in [6, 6.07) is -0.208. The van der Waals surface area contributed by atoms with E-state index in [0.29, 0.717) is 26.3 Å². The minimum Gasteiger partial charge on any atom is -0.392 e. The first-order valence-corrected chi connectivity index (χ1v) is 5.32. The average molecular weight is 230 g/mol. The molecule has 2 N–H and O–H groups in total. The summed E-state index contributed by atoms with van der Waals surface area (Å²) in [7, 11) is 1.64. The molecule has 0 rings (SSSR count). The molecule has 0 heterocycles. The van der Waals surface area contributed by atoms with E-state index >= 15 is 0 Å². The number of aliphatic hydroxyl groups excluding tert-OH is 1. The molecule has 2 amide bonds. The van der Waals surface area contributed by atoms with Crippen molar-refractivity contribution >= 4 is 6.03 Å². The first-order valence-electron chi connectivity index (χ1n) is 5.32. The van der Waals surface area contributed by atoms with E-state index in [2.05, 4.69) is 11.9 Å². The predicted octanol–water partition coefficient (Wildman–Crippen LogP) is 0.601. The SMILES string of the molecule is C=C(C)COCCNC(=O)N(C)CC(C)O. The first-order chi connectivity index (χ1) is 7.43. The van der Waals surface area contributed by atoms with Crippen molar-refractivity contribution < 1.29 is 14.6 Å². The maximum absolute atomic E-state index is 11.4. The fraction of sp³-hybridized carbons (Fsp3) is 0.727. The molecular formula is C11H22N2O3. The zero-order valence-electron chi connectivity index (χ0n) is 10.3. The van der Waals surface area contributed by atoms with Crippen LogP contribution >= 0.6 is 0 Å². The standard InChI is InChI=1S/C11H22N2O3/c1-9(2)8-16-6-5-12-11(15)13(4)7-10(3)14/h10,14H,1,5-8H2,2-4H3,(H,12,15). The second-order valence-corrected chi connectivity index (χ2v) is 3.97. The number of aliphatic hydroxyl groups is 1. The smallest absolute Gasteiger partial charge is 0.317 e. The summed E-state index contributed by atoms with van der Waals surface area (Å²) in [4.78, 5) is 12.8. The fourth-order valence-corrected chi connectivity index (χ4v) is 1.09. The highest BCUT2D eigenvalue weighted by Crippen LogP contribution is 1.89. The third kappa shape index (κ3) is 8.26. The number of likely N-dealkylation sites (N-methyl/N-ethyl adjacent to an activating group) is 1. The Morgan fingerprint density at radius 2 is 2.25 bits per heavy atom. The molecule has 94 valence electrons. The second-order valence-electron chi connectivity index (χ2n) is 3.97. The maximum atomic E-state index is 11.4. The van der Waals surface area contributed by atoms with E-state index in [1.54, 1.807) is 14.0 Å². The number of ether oxygens (including phenoxy) is 1. The molecule has 0 aromatic heterocycles. The van der Waals surface area contributed by atoms with Gasteiger partial charge in [-0.15, -0.1) is 0 Å². The van der Waals surface area contributed by atoms with Crippen LogP contribution in [0.2, 0.25) is 0 Å². The van der Waals surface area contributed by atoms with Gasteiger partial charge in [-0.3, -0.25) is 0 Å². The van der Waals surface area contributed by atoms with Crippen LogP contribution in [-0.4, -0.2) is 55.5 Å². The number of amides is 2. The number of hydrogen-bond donors (Lipinski definition) is 2. The summed E-state index contributed by atoms with van der Waals surface area (Å²) in [6.45, 7) is 8.97. The van der Waals surface area contributed by atoms with Crippen molar-refractivity contribution in [1.82, 2.24) is 10.2 Å². The number of carbonyl (C=O) groups excluding carboxylic acids is 1. The summed E-state index contributed by atoms with van der Waals surface area (Å²) < 4.78 is 5.22. The summed E-state index contributed by atoms with van der Waals surface area (Å²) in [5, 5.41) is 11.8. The van der Waals surface area contributed by atoms with Gasteiger partial charge in [-0.05, 0) is 13.8 Å². The van der Waals surface area contributed by atoms with E-state index in [1.807, 2.05) is 6.92 Å². The summed E-state index contributed by atoms with van der Waals surface area (Å²) in [5.41, 5.74) is 0.956. The van der Waals surface area contributed by atoms with Gasteiger partial charge in [0, 0.05) is 20.1 Å². The van der Waals surface area contributed by atoms with Gasteiger partial charge in [0.15, 0.2) is 0 Å². The molecule has 0 saturated heterocycles. The van der Waals surface area contributed by atoms with Gasteiger partial charge >= 0.3 is 6.03 Å². The Hall–Kier alpha value is -1.07. The Balaban J connectivity index is 3.53. The average Bonchev–Trinajstić information content (AvgIpc) is 2.15. The molecule has 0 aromatic rings. The lowest BCUT2D eigenvalue weighted by Crippen LogP contribution is -2.41. The lowest BCUT2D eigenvalue weighted by molar-refractivity contribution is 0.137. The van der Waals surface area contributed by atoms with Crippen LogP contribution in [0.25, 0.3) is 0 Å². The minimum absolute atomic E-state index is 0.208. The van der Waals surface area contributed by atoms with Gasteiger partial charge in [-0.2, -0.15) is 0 Å². The number of rotatable bonds is 7. The molecule has 0 aliphatic rings. The van der Waals surface area contributed by atoms with Gasteiger partial charge in [0.1, 0.15) is 0 Å². The van der Waals surface area contributed by atoms with Crippen LogP contribution in [0, 0.1) is 0 Å². The lowest BCUT2D eigenvalue weighted by Gasteiger charge is -2.19. The minimum atomic E-state index is -0.518. The zero-order valence-corrected chi connectivity index (χ0v) is 10.3. The van der Waals surface area contributed by atoms with Crippen LogP contribution in [0.1, 0.15) is 13.8 Å². The van der Waals surface area contributed by atoms with Gasteiger partial charge in [-0.25, -0.2) is 4.79 Å². The Kier molecular flexibility index (Phi) is 7.58. The van der Waals surface area contributed by atoms with Crippen molar-refractivity contribution in [3.63, 3.8) is 0 Å². The highest BCUT2D eigenvalue weighted by Gasteiger charge is 2.09. The maximum Gasteiger partial charge on any atom is 0.317 e.